The summed E-state index contributed by atoms with van der Waals surface area (Å²) in [5, 5.41) is 1.59. The molecule has 0 aliphatic rings. The molecule has 2 rings (SSSR count). The molecule has 2 heteroatoms. The summed E-state index contributed by atoms with van der Waals surface area (Å²) in [6.45, 7) is 5.70. The van der Waals surface area contributed by atoms with Gasteiger partial charge >= 0.3 is 0 Å². The van der Waals surface area contributed by atoms with E-state index in [-0.39, 0.29) is 0 Å². The average molecular weight is 268 g/mol. The highest BCUT2D eigenvalue weighted by Crippen LogP contribution is 2.56. The summed E-state index contributed by atoms with van der Waals surface area (Å²) in [5.74, 6) is 0. The molecule has 0 aliphatic carbocycles. The molecule has 0 spiro atoms. The zero-order valence-corrected chi connectivity index (χ0v) is 11.9. The third-order valence-corrected chi connectivity index (χ3v) is 6.36. The Morgan fingerprint density at radius 2 is 1.58 bits per heavy atom. The maximum Gasteiger partial charge on any atom is 0.150 e. The van der Waals surface area contributed by atoms with Crippen molar-refractivity contribution in [2.45, 2.75) is 6.92 Å². The zero-order chi connectivity index (χ0) is 13.7. The third-order valence-electron chi connectivity index (χ3n) is 3.19. The maximum absolute atomic E-state index is 13.4. The summed E-state index contributed by atoms with van der Waals surface area (Å²) in [6, 6.07) is 19.4. The van der Waals surface area contributed by atoms with Crippen LogP contribution in [-0.2, 0) is 4.57 Å². The van der Waals surface area contributed by atoms with E-state index >= 15 is 0 Å². The topological polar surface area (TPSA) is 17.1 Å². The van der Waals surface area contributed by atoms with E-state index in [1.54, 1.807) is 0 Å². The van der Waals surface area contributed by atoms with E-state index in [9.17, 15) is 4.57 Å². The van der Waals surface area contributed by atoms with E-state index in [2.05, 4.69) is 12.3 Å². The molecule has 0 amide bonds. The van der Waals surface area contributed by atoms with Crippen molar-refractivity contribution in [1.29, 1.82) is 0 Å². The molecule has 0 fully saturated rings. The lowest BCUT2D eigenvalue weighted by molar-refractivity contribution is 0.588. The standard InChI is InChI=1S/C17H17OP/c1-3-17(15-11-7-5-8-12-15)19(18,4-2)16-13-9-6-10-14-16/h5-14H,1,4H2,2H3/t19-/m0/s1. The van der Waals surface area contributed by atoms with Crippen LogP contribution in [-0.4, -0.2) is 6.16 Å². The Kier molecular flexibility index (Phi) is 4.22. The quantitative estimate of drug-likeness (QED) is 0.588. The Labute approximate surface area is 114 Å². The zero-order valence-electron chi connectivity index (χ0n) is 11.0. The SMILES string of the molecule is C=C=C(c1ccccc1)[P@](=O)(CC)c1ccccc1. The summed E-state index contributed by atoms with van der Waals surface area (Å²) < 4.78 is 13.4. The van der Waals surface area contributed by atoms with Crippen molar-refractivity contribution in [2.24, 2.45) is 0 Å². The van der Waals surface area contributed by atoms with E-state index in [0.29, 0.717) is 6.16 Å². The normalized spacial score (nSPS) is 13.3. The molecule has 1 nitrogen and oxygen atoms in total. The Balaban J connectivity index is 2.59. The molecule has 2 aromatic carbocycles. The van der Waals surface area contributed by atoms with Gasteiger partial charge in [-0.15, -0.1) is 5.73 Å². The number of rotatable bonds is 4. The molecule has 0 aromatic heterocycles. The Hall–Kier alpha value is -1.81. The van der Waals surface area contributed by atoms with Crippen LogP contribution >= 0.6 is 7.14 Å². The van der Waals surface area contributed by atoms with E-state index in [4.69, 9.17) is 0 Å². The number of hydrogen-bond acceptors (Lipinski definition) is 1. The molecule has 19 heavy (non-hydrogen) atoms. The van der Waals surface area contributed by atoms with Crippen LogP contribution in [0.4, 0.5) is 0 Å². The van der Waals surface area contributed by atoms with Crippen LogP contribution in [0.1, 0.15) is 12.5 Å². The molecule has 0 saturated carbocycles. The minimum atomic E-state index is -2.64. The van der Waals surface area contributed by atoms with Crippen LogP contribution in [0, 0.1) is 0 Å². The lowest BCUT2D eigenvalue weighted by atomic mass is 10.2. The molecular weight excluding hydrogens is 251 g/mol. The van der Waals surface area contributed by atoms with Crippen molar-refractivity contribution < 1.29 is 4.57 Å². The Bertz CT molecular complexity index is 637. The second-order valence-electron chi connectivity index (χ2n) is 4.28. The van der Waals surface area contributed by atoms with E-state index in [1.807, 2.05) is 67.6 Å². The average Bonchev–Trinajstić information content (AvgIpc) is 2.49. The molecule has 0 unspecified atom stereocenters. The van der Waals surface area contributed by atoms with Crippen LogP contribution in [0.3, 0.4) is 0 Å². The van der Waals surface area contributed by atoms with Crippen LogP contribution < -0.4 is 5.30 Å². The van der Waals surface area contributed by atoms with E-state index in [1.165, 1.54) is 0 Å². The second-order valence-corrected chi connectivity index (χ2v) is 7.36. The number of hydrogen-bond donors (Lipinski definition) is 0. The van der Waals surface area contributed by atoms with E-state index < -0.39 is 7.14 Å². The van der Waals surface area contributed by atoms with Crippen molar-refractivity contribution in [3.05, 3.63) is 78.5 Å². The highest BCUT2D eigenvalue weighted by molar-refractivity contribution is 7.81. The van der Waals surface area contributed by atoms with Gasteiger partial charge in [-0.25, -0.2) is 0 Å². The summed E-state index contributed by atoms with van der Waals surface area (Å²) >= 11 is 0. The Morgan fingerprint density at radius 3 is 2.05 bits per heavy atom. The third kappa shape index (κ3) is 2.63. The smallest absolute Gasteiger partial charge is 0.150 e. The van der Waals surface area contributed by atoms with Gasteiger partial charge in [0, 0.05) is 11.5 Å². The maximum atomic E-state index is 13.4. The van der Waals surface area contributed by atoms with Gasteiger partial charge in [0.2, 0.25) is 0 Å². The molecule has 0 aliphatic heterocycles. The van der Waals surface area contributed by atoms with Crippen molar-refractivity contribution in [2.75, 3.05) is 6.16 Å². The summed E-state index contributed by atoms with van der Waals surface area (Å²) in [7, 11) is -2.64. The lowest BCUT2D eigenvalue weighted by Gasteiger charge is -2.19. The predicted octanol–water partition coefficient (Wildman–Crippen LogP) is 4.52. The van der Waals surface area contributed by atoms with Gasteiger partial charge in [-0.05, 0) is 5.56 Å². The van der Waals surface area contributed by atoms with Gasteiger partial charge in [0.1, 0.15) is 0 Å². The van der Waals surface area contributed by atoms with Gasteiger partial charge in [0.15, 0.2) is 7.14 Å². The fraction of sp³-hybridized carbons (Fsp3) is 0.118. The molecule has 0 bridgehead atoms. The van der Waals surface area contributed by atoms with Gasteiger partial charge in [-0.3, -0.25) is 0 Å². The fourth-order valence-corrected chi connectivity index (χ4v) is 4.59. The van der Waals surface area contributed by atoms with Crippen LogP contribution in [0.2, 0.25) is 0 Å². The lowest BCUT2D eigenvalue weighted by Crippen LogP contribution is -2.07. The van der Waals surface area contributed by atoms with Crippen molar-refractivity contribution >= 4 is 17.8 Å². The second kappa shape index (κ2) is 5.89. The molecular formula is C17H17OP. The van der Waals surface area contributed by atoms with Gasteiger partial charge < -0.3 is 4.57 Å². The fourth-order valence-electron chi connectivity index (χ4n) is 2.17. The number of benzene rings is 2. The van der Waals surface area contributed by atoms with Crippen LogP contribution in [0.25, 0.3) is 5.31 Å². The predicted molar refractivity (Wildman–Crippen MR) is 83.2 cm³/mol. The minimum Gasteiger partial charge on any atom is -0.313 e. The summed E-state index contributed by atoms with van der Waals surface area (Å²) in [4.78, 5) is 0. The monoisotopic (exact) mass is 268 g/mol. The van der Waals surface area contributed by atoms with Gasteiger partial charge in [0.25, 0.3) is 0 Å². The highest BCUT2D eigenvalue weighted by Gasteiger charge is 2.28. The van der Waals surface area contributed by atoms with Crippen molar-refractivity contribution in [3.8, 4) is 0 Å². The Morgan fingerprint density at radius 1 is 1.05 bits per heavy atom. The van der Waals surface area contributed by atoms with Gasteiger partial charge in [-0.1, -0.05) is 74.2 Å². The first-order valence-corrected chi connectivity index (χ1v) is 8.22. The summed E-state index contributed by atoms with van der Waals surface area (Å²) in [6.07, 6.45) is 0.573. The van der Waals surface area contributed by atoms with Gasteiger partial charge in [-0.2, -0.15) is 0 Å². The van der Waals surface area contributed by atoms with Crippen LogP contribution in [0.5, 0.6) is 0 Å². The van der Waals surface area contributed by atoms with E-state index in [0.717, 1.165) is 16.2 Å². The molecule has 0 heterocycles. The molecule has 0 saturated heterocycles. The van der Waals surface area contributed by atoms with Crippen molar-refractivity contribution in [1.82, 2.24) is 0 Å². The molecule has 96 valence electrons. The van der Waals surface area contributed by atoms with Crippen LogP contribution in [0.15, 0.2) is 73.0 Å². The molecule has 1 atom stereocenters. The van der Waals surface area contributed by atoms with Crippen molar-refractivity contribution in [3.63, 3.8) is 0 Å². The molecule has 0 radical (unpaired) electrons. The molecule has 2 aromatic rings. The largest absolute Gasteiger partial charge is 0.313 e. The first-order valence-electron chi connectivity index (χ1n) is 6.33. The first kappa shape index (κ1) is 13.6. The highest BCUT2D eigenvalue weighted by atomic mass is 31.2. The minimum absolute atomic E-state index is 0.573. The molecule has 0 N–H and O–H groups in total. The summed E-state index contributed by atoms with van der Waals surface area (Å²) in [5.41, 5.74) is 3.85. The first-order chi connectivity index (χ1) is 9.22. The van der Waals surface area contributed by atoms with Gasteiger partial charge in [0.05, 0.1) is 5.31 Å².